The van der Waals surface area contributed by atoms with Crippen molar-refractivity contribution in [2.45, 2.75) is 6.92 Å². The van der Waals surface area contributed by atoms with E-state index in [1.54, 1.807) is 31.2 Å². The number of nitrogens with two attached hydrogens (primary N) is 1. The summed E-state index contributed by atoms with van der Waals surface area (Å²) in [5.41, 5.74) is 9.72. The van der Waals surface area contributed by atoms with Gasteiger partial charge in [0.05, 0.1) is 14.9 Å². The van der Waals surface area contributed by atoms with Gasteiger partial charge in [0.1, 0.15) is 5.69 Å². The summed E-state index contributed by atoms with van der Waals surface area (Å²) >= 11 is 7.31. The Morgan fingerprint density at radius 1 is 1.25 bits per heavy atom. The van der Waals surface area contributed by atoms with Crippen molar-refractivity contribution >= 4 is 40.4 Å². The first-order chi connectivity index (χ1) is 15.5. The number of aromatic nitrogens is 5. The molecule has 0 spiro atoms. The smallest absolute Gasteiger partial charge is 0.294 e. The van der Waals surface area contributed by atoms with Gasteiger partial charge in [0.15, 0.2) is 17.2 Å². The molecule has 3 aromatic heterocycles. The number of carbonyl (C=O) groups is 1. The molecule has 4 heterocycles. The van der Waals surface area contributed by atoms with Gasteiger partial charge >= 0.3 is 0 Å². The van der Waals surface area contributed by atoms with Crippen LogP contribution in [0.1, 0.15) is 22.3 Å². The molecule has 162 valence electrons. The number of halogens is 1. The van der Waals surface area contributed by atoms with Crippen molar-refractivity contribution in [3.8, 4) is 28.6 Å². The molecule has 1 aliphatic heterocycles. The topological polar surface area (TPSA) is 156 Å². The number of hydrogen-bond acceptors (Lipinski definition) is 11. The van der Waals surface area contributed by atoms with E-state index in [1.165, 1.54) is 16.0 Å². The Labute approximate surface area is 188 Å². The first kappa shape index (κ1) is 20.0. The van der Waals surface area contributed by atoms with Crippen molar-refractivity contribution < 1.29 is 18.9 Å². The number of thiophene rings is 1. The maximum absolute atomic E-state index is 13.0. The number of amides is 1. The van der Waals surface area contributed by atoms with E-state index in [9.17, 15) is 4.79 Å². The zero-order valence-corrected chi connectivity index (χ0v) is 17.8. The molecule has 3 N–H and O–H groups in total. The lowest BCUT2D eigenvalue weighted by atomic mass is 10.1. The molecule has 0 atom stereocenters. The van der Waals surface area contributed by atoms with Gasteiger partial charge in [-0.25, -0.2) is 10.1 Å². The summed E-state index contributed by atoms with van der Waals surface area (Å²) in [6.07, 6.45) is 0. The standard InChI is InChI=1S/C18H13ClN8O4S/c1-8(12-4-5-13(19)32-12)21-23-18(28)14-15(9-2-3-10-11(6-9)30-7-29-10)27(26-22-14)17-16(20)24-31-25-17/h2-6H,7H2,1H3,(H2,20,24)(H,23,28)/b21-8+. The molecule has 4 aromatic rings. The molecule has 12 nitrogen and oxygen atoms in total. The quantitative estimate of drug-likeness (QED) is 0.329. The Bertz CT molecular complexity index is 1360. The number of rotatable bonds is 5. The Kier molecular flexibility index (Phi) is 4.95. The van der Waals surface area contributed by atoms with E-state index in [1.807, 2.05) is 6.07 Å². The minimum atomic E-state index is -0.596. The number of ether oxygens (including phenoxy) is 2. The van der Waals surface area contributed by atoms with Gasteiger partial charge in [-0.2, -0.15) is 9.78 Å². The molecular weight excluding hydrogens is 460 g/mol. The van der Waals surface area contributed by atoms with E-state index < -0.39 is 5.91 Å². The summed E-state index contributed by atoms with van der Waals surface area (Å²) in [4.78, 5) is 13.8. The highest BCUT2D eigenvalue weighted by Gasteiger charge is 2.27. The fourth-order valence-electron chi connectivity index (χ4n) is 2.98. The predicted molar refractivity (Wildman–Crippen MR) is 114 cm³/mol. The van der Waals surface area contributed by atoms with Gasteiger partial charge in [-0.15, -0.1) is 16.4 Å². The number of carbonyl (C=O) groups excluding carboxylic acids is 1. The zero-order valence-electron chi connectivity index (χ0n) is 16.3. The highest BCUT2D eigenvalue weighted by atomic mass is 35.5. The number of nitrogen functional groups attached to an aromatic ring is 1. The average Bonchev–Trinajstić information content (AvgIpc) is 3.57. The van der Waals surface area contributed by atoms with Crippen LogP contribution in [0.3, 0.4) is 0 Å². The number of nitrogens with zero attached hydrogens (tertiary/aromatic N) is 6. The molecule has 1 amide bonds. The molecule has 14 heteroatoms. The monoisotopic (exact) mass is 472 g/mol. The van der Waals surface area contributed by atoms with Crippen LogP contribution in [0, 0.1) is 0 Å². The van der Waals surface area contributed by atoms with Crippen molar-refractivity contribution in [1.29, 1.82) is 0 Å². The van der Waals surface area contributed by atoms with Crippen molar-refractivity contribution in [1.82, 2.24) is 30.7 Å². The third kappa shape index (κ3) is 3.52. The largest absolute Gasteiger partial charge is 0.454 e. The number of hydrogen-bond donors (Lipinski definition) is 2. The summed E-state index contributed by atoms with van der Waals surface area (Å²) in [7, 11) is 0. The van der Waals surface area contributed by atoms with Crippen molar-refractivity contribution in [2.24, 2.45) is 5.10 Å². The van der Waals surface area contributed by atoms with Crippen LogP contribution in [0.5, 0.6) is 11.5 Å². The molecular formula is C18H13ClN8O4S. The molecule has 0 aliphatic carbocycles. The van der Waals surface area contributed by atoms with E-state index in [2.05, 4.69) is 35.8 Å². The number of fused-ring (bicyclic) bond motifs is 1. The van der Waals surface area contributed by atoms with Crippen molar-refractivity contribution in [3.63, 3.8) is 0 Å². The van der Waals surface area contributed by atoms with Crippen LogP contribution in [0.15, 0.2) is 40.1 Å². The molecule has 1 aliphatic rings. The molecule has 0 unspecified atom stereocenters. The van der Waals surface area contributed by atoms with Gasteiger partial charge in [0.25, 0.3) is 5.91 Å². The van der Waals surface area contributed by atoms with Crippen LogP contribution in [0.4, 0.5) is 5.82 Å². The van der Waals surface area contributed by atoms with Crippen LogP contribution < -0.4 is 20.6 Å². The van der Waals surface area contributed by atoms with E-state index >= 15 is 0 Å². The Balaban J connectivity index is 1.54. The minimum absolute atomic E-state index is 0.0210. The maximum Gasteiger partial charge on any atom is 0.294 e. The Morgan fingerprint density at radius 3 is 2.84 bits per heavy atom. The highest BCUT2D eigenvalue weighted by Crippen LogP contribution is 2.37. The van der Waals surface area contributed by atoms with Gasteiger partial charge in [0, 0.05) is 5.56 Å². The second-order valence-electron chi connectivity index (χ2n) is 6.48. The van der Waals surface area contributed by atoms with Gasteiger partial charge in [-0.1, -0.05) is 16.8 Å². The number of nitrogens with one attached hydrogen (secondary N) is 1. The van der Waals surface area contributed by atoms with E-state index in [0.717, 1.165) is 4.88 Å². The van der Waals surface area contributed by atoms with E-state index in [0.29, 0.717) is 27.1 Å². The third-order valence-corrected chi connectivity index (χ3v) is 5.82. The summed E-state index contributed by atoms with van der Waals surface area (Å²) in [6, 6.07) is 8.70. The molecule has 0 saturated carbocycles. The number of hydrazone groups is 1. The normalized spacial score (nSPS) is 12.9. The molecule has 0 bridgehead atoms. The summed E-state index contributed by atoms with van der Waals surface area (Å²) in [6.45, 7) is 1.85. The molecule has 5 rings (SSSR count). The van der Waals surface area contributed by atoms with Crippen LogP contribution in [-0.2, 0) is 0 Å². The van der Waals surface area contributed by atoms with E-state index in [-0.39, 0.29) is 29.8 Å². The SMILES string of the molecule is C/C(=N\NC(=O)c1nnn(-c2nonc2N)c1-c1ccc2c(c1)OCO2)c1ccc(Cl)s1. The highest BCUT2D eigenvalue weighted by molar-refractivity contribution is 7.18. The fraction of sp³-hybridized carbons (Fsp3) is 0.111. The van der Waals surface area contributed by atoms with Crippen molar-refractivity contribution in [3.05, 3.63) is 45.2 Å². The Hall–Kier alpha value is -3.97. The molecule has 0 saturated heterocycles. The average molecular weight is 473 g/mol. The second kappa shape index (κ2) is 7.94. The zero-order chi connectivity index (χ0) is 22.2. The van der Waals surface area contributed by atoms with Gasteiger partial charge in [-0.05, 0) is 47.6 Å². The number of anilines is 1. The van der Waals surface area contributed by atoms with Crippen LogP contribution in [0.25, 0.3) is 17.1 Å². The molecule has 0 radical (unpaired) electrons. The summed E-state index contributed by atoms with van der Waals surface area (Å²) < 4.78 is 17.4. The Morgan fingerprint density at radius 2 is 2.09 bits per heavy atom. The van der Waals surface area contributed by atoms with Crippen LogP contribution in [0.2, 0.25) is 4.34 Å². The lowest BCUT2D eigenvalue weighted by Gasteiger charge is -2.07. The maximum atomic E-state index is 13.0. The summed E-state index contributed by atoms with van der Waals surface area (Å²) in [5, 5.41) is 19.5. The van der Waals surface area contributed by atoms with Crippen LogP contribution >= 0.6 is 22.9 Å². The fourth-order valence-corrected chi connectivity index (χ4v) is 3.96. The first-order valence-corrected chi connectivity index (χ1v) is 10.2. The predicted octanol–water partition coefficient (Wildman–Crippen LogP) is 2.50. The summed E-state index contributed by atoms with van der Waals surface area (Å²) in [5.74, 6) is 0.554. The lowest BCUT2D eigenvalue weighted by molar-refractivity contribution is 0.0950. The van der Waals surface area contributed by atoms with Gasteiger partial charge in [-0.3, -0.25) is 4.79 Å². The molecule has 0 fully saturated rings. The molecule has 32 heavy (non-hydrogen) atoms. The lowest BCUT2D eigenvalue weighted by Crippen LogP contribution is -2.20. The number of benzene rings is 1. The third-order valence-electron chi connectivity index (χ3n) is 4.48. The van der Waals surface area contributed by atoms with Gasteiger partial charge < -0.3 is 15.2 Å². The first-order valence-electron chi connectivity index (χ1n) is 9.05. The van der Waals surface area contributed by atoms with Gasteiger partial charge in [0.2, 0.25) is 18.4 Å². The van der Waals surface area contributed by atoms with E-state index in [4.69, 9.17) is 26.8 Å². The minimum Gasteiger partial charge on any atom is -0.454 e. The second-order valence-corrected chi connectivity index (χ2v) is 8.20. The van der Waals surface area contributed by atoms with Crippen LogP contribution in [-0.4, -0.2) is 43.7 Å². The molecule has 1 aromatic carbocycles. The van der Waals surface area contributed by atoms with Crippen molar-refractivity contribution in [2.75, 3.05) is 12.5 Å².